The normalized spacial score (nSPS) is 14.8. The van der Waals surface area contributed by atoms with Crippen molar-refractivity contribution in [2.45, 2.75) is 39.7 Å². The second-order valence-corrected chi connectivity index (χ2v) is 7.68. The number of halogens is 1. The van der Waals surface area contributed by atoms with E-state index in [0.29, 0.717) is 41.3 Å². The number of ether oxygens (including phenoxy) is 1. The number of carbonyl (C=O) groups excluding carboxylic acids is 1. The Bertz CT molecular complexity index is 928. The predicted molar refractivity (Wildman–Crippen MR) is 96.4 cm³/mol. The Morgan fingerprint density at radius 3 is 2.62 bits per heavy atom. The van der Waals surface area contributed by atoms with Crippen LogP contribution in [0.2, 0.25) is 0 Å². The maximum absolute atomic E-state index is 12.7. The Kier molecular flexibility index (Phi) is 6.10. The van der Waals surface area contributed by atoms with Crippen molar-refractivity contribution in [2.75, 3.05) is 13.1 Å². The maximum atomic E-state index is 12.7. The van der Waals surface area contributed by atoms with Gasteiger partial charge in [0.1, 0.15) is 5.60 Å². The number of aromatic nitrogens is 4. The summed E-state index contributed by atoms with van der Waals surface area (Å²) in [5, 5.41) is 2.82. The van der Waals surface area contributed by atoms with Gasteiger partial charge in [-0.1, -0.05) is 6.08 Å². The number of carbonyl (C=O) groups is 1. The van der Waals surface area contributed by atoms with E-state index < -0.39 is 5.60 Å². The van der Waals surface area contributed by atoms with Crippen LogP contribution in [0.4, 0.5) is 4.79 Å². The number of aromatic amines is 1. The van der Waals surface area contributed by atoms with Crippen molar-refractivity contribution in [2.24, 2.45) is 0 Å². The van der Waals surface area contributed by atoms with Crippen LogP contribution < -0.4 is 5.56 Å². The second kappa shape index (κ2) is 7.63. The second-order valence-electron chi connectivity index (χ2n) is 6.93. The van der Waals surface area contributed by atoms with E-state index in [9.17, 15) is 9.59 Å². The van der Waals surface area contributed by atoms with Crippen LogP contribution in [0.1, 0.15) is 38.4 Å². The van der Waals surface area contributed by atoms with Gasteiger partial charge in [0.05, 0.1) is 11.3 Å². The molecule has 144 valence electrons. The zero-order valence-corrected chi connectivity index (χ0v) is 18.0. The summed E-state index contributed by atoms with van der Waals surface area (Å²) in [5.74, 6) is 0.324. The number of hydrogen-bond acceptors (Lipinski definition) is 5. The summed E-state index contributed by atoms with van der Waals surface area (Å²) >= 11 is 3.21. The van der Waals surface area contributed by atoms with Gasteiger partial charge in [-0.05, 0) is 55.6 Å². The molecule has 0 saturated heterocycles. The SMILES string of the molecule is Cc1nc2nc(Br)[nH]n2c(=O)c1C1=CCN(C(=O)OC(C)(C)C)CC1.[Pd]. The molecule has 0 atom stereocenters. The molecule has 2 aromatic rings. The molecule has 8 nitrogen and oxygen atoms in total. The molecule has 0 fully saturated rings. The number of amides is 1. The minimum atomic E-state index is -0.528. The molecule has 0 aliphatic carbocycles. The Morgan fingerprint density at radius 2 is 2.04 bits per heavy atom. The van der Waals surface area contributed by atoms with Crippen LogP contribution in [0.5, 0.6) is 0 Å². The third-order valence-corrected chi connectivity index (χ3v) is 4.19. The largest absolute Gasteiger partial charge is 0.444 e. The molecule has 1 N–H and O–H groups in total. The Morgan fingerprint density at radius 1 is 1.35 bits per heavy atom. The summed E-state index contributed by atoms with van der Waals surface area (Å²) in [7, 11) is 0. The first-order chi connectivity index (χ1) is 11.7. The third-order valence-electron chi connectivity index (χ3n) is 3.83. The molecular weight excluding hydrogens is 497 g/mol. The molecular formula is C16H20BrN5O3Pd. The first-order valence-electron chi connectivity index (χ1n) is 7.98. The molecule has 3 heterocycles. The van der Waals surface area contributed by atoms with Crippen molar-refractivity contribution in [3.8, 4) is 0 Å². The molecule has 3 rings (SSSR count). The summed E-state index contributed by atoms with van der Waals surface area (Å²) in [4.78, 5) is 35.0. The number of fused-ring (bicyclic) bond motifs is 1. The minimum absolute atomic E-state index is 0. The van der Waals surface area contributed by atoms with Gasteiger partial charge in [0.25, 0.3) is 11.3 Å². The molecule has 2 aromatic heterocycles. The fourth-order valence-corrected chi connectivity index (χ4v) is 3.09. The Hall–Kier alpha value is -1.50. The number of aryl methyl sites for hydroxylation is 1. The van der Waals surface area contributed by atoms with Gasteiger partial charge >= 0.3 is 6.09 Å². The zero-order chi connectivity index (χ0) is 18.4. The molecule has 0 radical (unpaired) electrons. The topological polar surface area (TPSA) is 92.6 Å². The van der Waals surface area contributed by atoms with Crippen LogP contribution >= 0.6 is 15.9 Å². The standard InChI is InChI=1S/C16H20BrN5O3.Pd/c1-9-11(12(23)22-14(18-9)19-13(17)20-22)10-5-7-21(8-6-10)15(24)25-16(2,3)4;/h5H,6-8H2,1-4H3,(H,18,19,20);. The van der Waals surface area contributed by atoms with E-state index in [2.05, 4.69) is 31.0 Å². The van der Waals surface area contributed by atoms with E-state index >= 15 is 0 Å². The van der Waals surface area contributed by atoms with Gasteiger partial charge < -0.3 is 9.64 Å². The number of hydrogen-bond donors (Lipinski definition) is 1. The average molecular weight is 517 g/mol. The first-order valence-corrected chi connectivity index (χ1v) is 8.77. The van der Waals surface area contributed by atoms with Crippen LogP contribution in [0.25, 0.3) is 11.4 Å². The average Bonchev–Trinajstić information content (AvgIpc) is 2.87. The quantitative estimate of drug-likeness (QED) is 0.588. The van der Waals surface area contributed by atoms with Gasteiger partial charge in [-0.25, -0.2) is 9.78 Å². The van der Waals surface area contributed by atoms with Gasteiger partial charge in [0.15, 0.2) is 4.73 Å². The molecule has 0 spiro atoms. The summed E-state index contributed by atoms with van der Waals surface area (Å²) < 4.78 is 7.15. The summed E-state index contributed by atoms with van der Waals surface area (Å²) in [6.07, 6.45) is 2.11. The number of rotatable bonds is 1. The fourth-order valence-electron chi connectivity index (χ4n) is 2.75. The van der Waals surface area contributed by atoms with Crippen LogP contribution in [0.15, 0.2) is 15.6 Å². The molecule has 0 bridgehead atoms. The fraction of sp³-hybridized carbons (Fsp3) is 0.500. The zero-order valence-electron chi connectivity index (χ0n) is 14.9. The van der Waals surface area contributed by atoms with Gasteiger partial charge in [-0.15, -0.1) is 0 Å². The monoisotopic (exact) mass is 515 g/mol. The predicted octanol–water partition coefficient (Wildman–Crippen LogP) is 2.51. The molecule has 1 aliphatic heterocycles. The van der Waals surface area contributed by atoms with Crippen molar-refractivity contribution >= 4 is 33.4 Å². The number of nitrogens with zero attached hydrogens (tertiary/aromatic N) is 4. The van der Waals surface area contributed by atoms with Crippen molar-refractivity contribution in [3.63, 3.8) is 0 Å². The Labute approximate surface area is 172 Å². The van der Waals surface area contributed by atoms with Crippen LogP contribution in [0.3, 0.4) is 0 Å². The Balaban J connectivity index is 0.00000243. The minimum Gasteiger partial charge on any atom is -0.444 e. The summed E-state index contributed by atoms with van der Waals surface area (Å²) in [5.41, 5.74) is 1.34. The van der Waals surface area contributed by atoms with Crippen molar-refractivity contribution in [3.05, 3.63) is 32.4 Å². The van der Waals surface area contributed by atoms with E-state index in [1.807, 2.05) is 26.8 Å². The van der Waals surface area contributed by atoms with Crippen molar-refractivity contribution < 1.29 is 30.0 Å². The molecule has 1 aliphatic rings. The third kappa shape index (κ3) is 4.25. The van der Waals surface area contributed by atoms with Crippen molar-refractivity contribution in [1.29, 1.82) is 0 Å². The van der Waals surface area contributed by atoms with E-state index in [0.717, 1.165) is 5.57 Å². The maximum Gasteiger partial charge on any atom is 0.410 e. The summed E-state index contributed by atoms with van der Waals surface area (Å²) in [6, 6.07) is 0. The molecule has 0 aromatic carbocycles. The van der Waals surface area contributed by atoms with E-state index in [4.69, 9.17) is 4.74 Å². The van der Waals surface area contributed by atoms with Crippen LogP contribution in [-0.4, -0.2) is 49.3 Å². The molecule has 10 heteroatoms. The molecule has 0 unspecified atom stereocenters. The van der Waals surface area contributed by atoms with Gasteiger partial charge in [0, 0.05) is 33.5 Å². The van der Waals surface area contributed by atoms with Crippen LogP contribution in [-0.2, 0) is 25.2 Å². The van der Waals surface area contributed by atoms with Gasteiger partial charge in [-0.2, -0.15) is 9.50 Å². The van der Waals surface area contributed by atoms with E-state index in [-0.39, 0.29) is 32.1 Å². The van der Waals surface area contributed by atoms with Gasteiger partial charge in [0.2, 0.25) is 0 Å². The smallest absolute Gasteiger partial charge is 0.410 e. The molecule has 26 heavy (non-hydrogen) atoms. The van der Waals surface area contributed by atoms with E-state index in [1.54, 1.807) is 11.8 Å². The molecule has 0 saturated carbocycles. The molecule has 1 amide bonds. The van der Waals surface area contributed by atoms with Gasteiger partial charge in [-0.3, -0.25) is 9.89 Å². The van der Waals surface area contributed by atoms with Crippen molar-refractivity contribution in [1.82, 2.24) is 24.5 Å². The van der Waals surface area contributed by atoms with Crippen LogP contribution in [0, 0.1) is 6.92 Å². The number of nitrogens with one attached hydrogen (secondary N) is 1. The first kappa shape index (κ1) is 20.8. The number of H-pyrrole nitrogens is 1. The van der Waals surface area contributed by atoms with E-state index in [1.165, 1.54) is 4.52 Å². The summed E-state index contributed by atoms with van der Waals surface area (Å²) in [6.45, 7) is 8.20.